The van der Waals surface area contributed by atoms with Crippen LogP contribution in [0.25, 0.3) is 0 Å². The smallest absolute Gasteiger partial charge is 0.308 e. The molecule has 2 rings (SSSR count). The molecular weight excluding hydrogens is 234 g/mol. The van der Waals surface area contributed by atoms with E-state index >= 15 is 0 Å². The second-order valence-electron chi connectivity index (χ2n) is 4.90. The molecule has 1 amide bonds. The topological polar surface area (TPSA) is 75.4 Å². The Hall–Kier alpha value is -1.85. The second kappa shape index (κ2) is 4.80. The van der Waals surface area contributed by atoms with Crippen LogP contribution in [0.5, 0.6) is 0 Å². The van der Waals surface area contributed by atoms with Crippen molar-refractivity contribution in [3.05, 3.63) is 18.2 Å². The highest BCUT2D eigenvalue weighted by Crippen LogP contribution is 2.21. The van der Waals surface area contributed by atoms with Crippen LogP contribution in [0.4, 0.5) is 0 Å². The molecule has 1 saturated heterocycles. The highest BCUT2D eigenvalue weighted by atomic mass is 16.4. The number of hydrogen-bond acceptors (Lipinski definition) is 3. The van der Waals surface area contributed by atoms with Gasteiger partial charge in [-0.3, -0.25) is 9.59 Å². The fraction of sp³-hybridized carbons (Fsp3) is 0.583. The van der Waals surface area contributed by atoms with Gasteiger partial charge in [-0.15, -0.1) is 0 Å². The number of likely N-dealkylation sites (tertiary alicyclic amines) is 1. The molecule has 0 radical (unpaired) electrons. The van der Waals surface area contributed by atoms with Gasteiger partial charge in [0.15, 0.2) is 0 Å². The first-order chi connectivity index (χ1) is 8.49. The molecule has 0 spiro atoms. The quantitative estimate of drug-likeness (QED) is 0.862. The molecule has 6 heteroatoms. The number of carboxylic acid groups (broad SMARTS) is 1. The Morgan fingerprint density at radius 3 is 2.89 bits per heavy atom. The molecule has 98 valence electrons. The molecule has 1 fully saturated rings. The first-order valence-electron chi connectivity index (χ1n) is 6.00. The van der Waals surface area contributed by atoms with Crippen molar-refractivity contribution in [3.8, 4) is 0 Å². The zero-order chi connectivity index (χ0) is 13.3. The molecule has 0 saturated carbocycles. The predicted octanol–water partition coefficient (Wildman–Crippen LogP) is 0.897. The lowest BCUT2D eigenvalue weighted by Gasteiger charge is -2.18. The van der Waals surface area contributed by atoms with Crippen molar-refractivity contribution in [2.75, 3.05) is 6.54 Å². The summed E-state index contributed by atoms with van der Waals surface area (Å²) < 4.78 is 1.99. The van der Waals surface area contributed by atoms with Gasteiger partial charge in [0.1, 0.15) is 0 Å². The van der Waals surface area contributed by atoms with E-state index in [4.69, 9.17) is 5.11 Å². The van der Waals surface area contributed by atoms with Crippen LogP contribution >= 0.6 is 0 Å². The largest absolute Gasteiger partial charge is 0.481 e. The third kappa shape index (κ3) is 2.37. The Morgan fingerprint density at radius 1 is 1.61 bits per heavy atom. The molecule has 18 heavy (non-hydrogen) atoms. The van der Waals surface area contributed by atoms with E-state index in [0.717, 1.165) is 5.69 Å². The van der Waals surface area contributed by atoms with Crippen molar-refractivity contribution in [3.63, 3.8) is 0 Å². The second-order valence-corrected chi connectivity index (χ2v) is 4.90. The normalized spacial score (nSPS) is 19.8. The van der Waals surface area contributed by atoms with Crippen molar-refractivity contribution in [2.24, 2.45) is 5.92 Å². The fourth-order valence-electron chi connectivity index (χ4n) is 2.21. The molecule has 0 bridgehead atoms. The number of amides is 1. The first kappa shape index (κ1) is 12.6. The molecule has 6 nitrogen and oxygen atoms in total. The maximum atomic E-state index is 11.7. The van der Waals surface area contributed by atoms with Crippen molar-refractivity contribution in [1.29, 1.82) is 0 Å². The molecule has 0 aliphatic carbocycles. The molecule has 1 unspecified atom stereocenters. The summed E-state index contributed by atoms with van der Waals surface area (Å²) in [6.45, 7) is 4.80. The Morgan fingerprint density at radius 2 is 2.33 bits per heavy atom. The Bertz CT molecular complexity index is 467. The van der Waals surface area contributed by atoms with E-state index in [1.807, 2.05) is 18.4 Å². The van der Waals surface area contributed by atoms with Gasteiger partial charge in [-0.1, -0.05) is 0 Å². The van der Waals surface area contributed by atoms with Crippen molar-refractivity contribution in [2.45, 2.75) is 32.9 Å². The molecule has 1 atom stereocenters. The number of aliphatic carboxylic acids is 1. The summed E-state index contributed by atoms with van der Waals surface area (Å²) in [6.07, 6.45) is 3.56. The summed E-state index contributed by atoms with van der Waals surface area (Å²) in [5, 5.41) is 8.92. The summed E-state index contributed by atoms with van der Waals surface area (Å²) >= 11 is 0. The van der Waals surface area contributed by atoms with E-state index in [-0.39, 0.29) is 24.9 Å². The zero-order valence-electron chi connectivity index (χ0n) is 10.5. The third-order valence-corrected chi connectivity index (χ3v) is 3.22. The Balaban J connectivity index is 2.08. The molecule has 2 heterocycles. The highest BCUT2D eigenvalue weighted by Gasteiger charge is 2.34. The Kier molecular flexibility index (Phi) is 3.36. The number of hydrogen-bond donors (Lipinski definition) is 1. The van der Waals surface area contributed by atoms with Gasteiger partial charge < -0.3 is 14.6 Å². The van der Waals surface area contributed by atoms with E-state index in [1.165, 1.54) is 0 Å². The van der Waals surface area contributed by atoms with Gasteiger partial charge in [0.05, 0.1) is 24.5 Å². The van der Waals surface area contributed by atoms with Crippen LogP contribution < -0.4 is 0 Å². The molecule has 1 aliphatic rings. The SMILES string of the molecule is CC(C)n1cncc1CN1CC(C(=O)O)CC1=O. The van der Waals surface area contributed by atoms with Crippen LogP contribution in [0.2, 0.25) is 0 Å². The molecule has 1 aromatic rings. The minimum atomic E-state index is -0.900. The van der Waals surface area contributed by atoms with Crippen LogP contribution in [-0.2, 0) is 16.1 Å². The van der Waals surface area contributed by atoms with Crippen LogP contribution in [-0.4, -0.2) is 38.0 Å². The minimum Gasteiger partial charge on any atom is -0.481 e. The van der Waals surface area contributed by atoms with Gasteiger partial charge in [0.2, 0.25) is 5.91 Å². The minimum absolute atomic E-state index is 0.0982. The Labute approximate surface area is 105 Å². The fourth-order valence-corrected chi connectivity index (χ4v) is 2.21. The zero-order valence-corrected chi connectivity index (χ0v) is 10.5. The maximum absolute atomic E-state index is 11.7. The van der Waals surface area contributed by atoms with E-state index < -0.39 is 11.9 Å². The van der Waals surface area contributed by atoms with E-state index in [1.54, 1.807) is 17.4 Å². The van der Waals surface area contributed by atoms with Gasteiger partial charge in [-0.05, 0) is 13.8 Å². The molecule has 1 aromatic heterocycles. The lowest BCUT2D eigenvalue weighted by molar-refractivity contribution is -0.141. The van der Waals surface area contributed by atoms with Crippen molar-refractivity contribution >= 4 is 11.9 Å². The van der Waals surface area contributed by atoms with Crippen molar-refractivity contribution < 1.29 is 14.7 Å². The van der Waals surface area contributed by atoms with Gasteiger partial charge >= 0.3 is 5.97 Å². The summed E-state index contributed by atoms with van der Waals surface area (Å²) in [5.74, 6) is -1.57. The molecule has 1 N–H and O–H groups in total. The number of carboxylic acids is 1. The van der Waals surface area contributed by atoms with E-state index in [9.17, 15) is 9.59 Å². The van der Waals surface area contributed by atoms with Crippen molar-refractivity contribution in [1.82, 2.24) is 14.5 Å². The van der Waals surface area contributed by atoms with Crippen LogP contribution in [0.1, 0.15) is 32.0 Å². The van der Waals surface area contributed by atoms with Gasteiger partial charge in [-0.25, -0.2) is 4.98 Å². The number of carbonyl (C=O) groups is 2. The van der Waals surface area contributed by atoms with E-state index in [0.29, 0.717) is 6.54 Å². The predicted molar refractivity (Wildman–Crippen MR) is 63.8 cm³/mol. The lowest BCUT2D eigenvalue weighted by atomic mass is 10.1. The number of nitrogens with zero attached hydrogens (tertiary/aromatic N) is 3. The number of imidazole rings is 1. The average molecular weight is 251 g/mol. The number of aromatic nitrogens is 2. The van der Waals surface area contributed by atoms with Crippen LogP contribution in [0.15, 0.2) is 12.5 Å². The third-order valence-electron chi connectivity index (χ3n) is 3.22. The summed E-state index contributed by atoms with van der Waals surface area (Å²) in [4.78, 5) is 28.3. The highest BCUT2D eigenvalue weighted by molar-refractivity contribution is 5.86. The summed E-state index contributed by atoms with van der Waals surface area (Å²) in [5.41, 5.74) is 0.935. The van der Waals surface area contributed by atoms with E-state index in [2.05, 4.69) is 4.98 Å². The summed E-state index contributed by atoms with van der Waals surface area (Å²) in [6, 6.07) is 0.274. The lowest BCUT2D eigenvalue weighted by Crippen LogP contribution is -2.27. The molecular formula is C12H17N3O3. The van der Waals surface area contributed by atoms with Gasteiger partial charge in [0, 0.05) is 25.2 Å². The average Bonchev–Trinajstić information content (AvgIpc) is 2.87. The van der Waals surface area contributed by atoms with Gasteiger partial charge in [0.25, 0.3) is 0 Å². The summed E-state index contributed by atoms with van der Waals surface area (Å²) in [7, 11) is 0. The first-order valence-corrected chi connectivity index (χ1v) is 6.00. The van der Waals surface area contributed by atoms with Crippen LogP contribution in [0.3, 0.4) is 0 Å². The number of rotatable bonds is 4. The number of carbonyl (C=O) groups excluding carboxylic acids is 1. The monoisotopic (exact) mass is 251 g/mol. The van der Waals surface area contributed by atoms with Gasteiger partial charge in [-0.2, -0.15) is 0 Å². The molecule has 1 aliphatic heterocycles. The molecule has 0 aromatic carbocycles. The van der Waals surface area contributed by atoms with Crippen LogP contribution in [0, 0.1) is 5.92 Å². The standard InChI is InChI=1S/C12H17N3O3/c1-8(2)15-7-13-4-10(15)6-14-5-9(12(17)18)3-11(14)16/h4,7-9H,3,5-6H2,1-2H3,(H,17,18). The maximum Gasteiger partial charge on any atom is 0.308 e.